The Morgan fingerprint density at radius 1 is 1.35 bits per heavy atom. The lowest BCUT2D eigenvalue weighted by atomic mass is 10.1. The molecule has 0 spiro atoms. The number of carbonyl (C=O) groups is 2. The van der Waals surface area contributed by atoms with E-state index in [1.54, 1.807) is 25.1 Å². The maximum atomic E-state index is 12.5. The van der Waals surface area contributed by atoms with E-state index in [4.69, 9.17) is 5.11 Å². The summed E-state index contributed by atoms with van der Waals surface area (Å²) in [7, 11) is 0. The van der Waals surface area contributed by atoms with Gasteiger partial charge in [0.25, 0.3) is 0 Å². The Morgan fingerprint density at radius 2 is 2.00 bits per heavy atom. The molecule has 1 aliphatic rings. The molecule has 7 heteroatoms. The molecule has 0 saturated heterocycles. The van der Waals surface area contributed by atoms with Crippen LogP contribution in [0.25, 0.3) is 0 Å². The second kappa shape index (κ2) is 7.39. The highest BCUT2D eigenvalue weighted by Gasteiger charge is 2.34. The van der Waals surface area contributed by atoms with Crippen LogP contribution in [0.5, 0.6) is 5.75 Å². The zero-order valence-corrected chi connectivity index (χ0v) is 12.7. The normalized spacial score (nSPS) is 15.3. The van der Waals surface area contributed by atoms with Crippen LogP contribution in [0.15, 0.2) is 24.3 Å². The lowest BCUT2D eigenvalue weighted by Gasteiger charge is -2.25. The van der Waals surface area contributed by atoms with Gasteiger partial charge in [0, 0.05) is 18.2 Å². The maximum absolute atomic E-state index is 12.5. The predicted octanol–water partition coefficient (Wildman–Crippen LogP) is 2.54. The molecule has 1 N–H and O–H groups in total. The first-order chi connectivity index (χ1) is 10.9. The number of hydrogen-bond donors (Lipinski definition) is 1. The number of hydrogen-bond acceptors (Lipinski definition) is 3. The molecule has 0 heterocycles. The van der Waals surface area contributed by atoms with Crippen LogP contribution in [0.2, 0.25) is 0 Å². The molecule has 1 amide bonds. The largest absolute Gasteiger partial charge is 0.481 e. The summed E-state index contributed by atoms with van der Waals surface area (Å²) in [6.07, 6.45) is 1.59. The van der Waals surface area contributed by atoms with Gasteiger partial charge in [-0.2, -0.15) is 8.78 Å². The Bertz CT molecular complexity index is 575. The summed E-state index contributed by atoms with van der Waals surface area (Å²) in [6.45, 7) is -1.30. The highest BCUT2D eigenvalue weighted by molar-refractivity contribution is 5.81. The number of ether oxygens (including phenoxy) is 1. The van der Waals surface area contributed by atoms with E-state index in [-0.39, 0.29) is 30.7 Å². The quantitative estimate of drug-likeness (QED) is 0.797. The van der Waals surface area contributed by atoms with Gasteiger partial charge >= 0.3 is 12.6 Å². The average Bonchev–Trinajstić information content (AvgIpc) is 3.30. The fourth-order valence-corrected chi connectivity index (χ4v) is 2.34. The molecular formula is C16H19F2NO4. The molecule has 23 heavy (non-hydrogen) atoms. The molecule has 0 aromatic heterocycles. The van der Waals surface area contributed by atoms with Crippen molar-refractivity contribution in [2.45, 2.75) is 38.8 Å². The Labute approximate surface area is 132 Å². The summed E-state index contributed by atoms with van der Waals surface area (Å²) in [5.74, 6) is -1.94. The first kappa shape index (κ1) is 17.2. The lowest BCUT2D eigenvalue weighted by Crippen LogP contribution is -2.39. The molecule has 0 radical (unpaired) electrons. The zero-order valence-electron chi connectivity index (χ0n) is 12.7. The van der Waals surface area contributed by atoms with E-state index in [0.717, 1.165) is 12.8 Å². The van der Waals surface area contributed by atoms with Crippen molar-refractivity contribution in [1.82, 2.24) is 4.90 Å². The summed E-state index contributed by atoms with van der Waals surface area (Å²) in [4.78, 5) is 25.0. The number of nitrogens with zero attached hydrogens (tertiary/aromatic N) is 1. The predicted molar refractivity (Wildman–Crippen MR) is 78.3 cm³/mol. The summed E-state index contributed by atoms with van der Waals surface area (Å²) >= 11 is 0. The van der Waals surface area contributed by atoms with Gasteiger partial charge in [0.1, 0.15) is 5.75 Å². The van der Waals surface area contributed by atoms with E-state index in [9.17, 15) is 18.4 Å². The zero-order chi connectivity index (χ0) is 17.0. The molecule has 1 unspecified atom stereocenters. The van der Waals surface area contributed by atoms with Crippen molar-refractivity contribution in [2.75, 3.05) is 6.54 Å². The number of rotatable bonds is 8. The number of para-hydroxylation sites is 1. The summed E-state index contributed by atoms with van der Waals surface area (Å²) in [5, 5.41) is 9.01. The molecule has 0 bridgehead atoms. The van der Waals surface area contributed by atoms with E-state index in [1.807, 2.05) is 0 Å². The van der Waals surface area contributed by atoms with Gasteiger partial charge in [-0.05, 0) is 18.9 Å². The van der Waals surface area contributed by atoms with Gasteiger partial charge in [0.05, 0.1) is 12.3 Å². The number of halogens is 2. The number of amides is 1. The second-order valence-electron chi connectivity index (χ2n) is 5.68. The third-order valence-electron chi connectivity index (χ3n) is 3.73. The van der Waals surface area contributed by atoms with E-state index >= 15 is 0 Å². The summed E-state index contributed by atoms with van der Waals surface area (Å²) < 4.78 is 29.2. The summed E-state index contributed by atoms with van der Waals surface area (Å²) in [6, 6.07) is 6.18. The molecule has 126 valence electrons. The minimum absolute atomic E-state index is 0.0297. The van der Waals surface area contributed by atoms with Gasteiger partial charge in [-0.25, -0.2) is 0 Å². The van der Waals surface area contributed by atoms with E-state index < -0.39 is 18.5 Å². The smallest absolute Gasteiger partial charge is 0.387 e. The van der Waals surface area contributed by atoms with Crippen LogP contribution in [0.4, 0.5) is 8.78 Å². The van der Waals surface area contributed by atoms with Crippen LogP contribution in [0, 0.1) is 5.92 Å². The Hall–Kier alpha value is -2.18. The minimum atomic E-state index is -2.96. The highest BCUT2D eigenvalue weighted by atomic mass is 19.3. The SMILES string of the molecule is CC(CN(C(=O)Cc1ccccc1OC(F)F)C1CC1)C(=O)O. The van der Waals surface area contributed by atoms with Crippen LogP contribution < -0.4 is 4.74 Å². The Balaban J connectivity index is 2.08. The molecular weight excluding hydrogens is 308 g/mol. The highest BCUT2D eigenvalue weighted by Crippen LogP contribution is 2.29. The fraction of sp³-hybridized carbons (Fsp3) is 0.500. The first-order valence-electron chi connectivity index (χ1n) is 7.43. The van der Waals surface area contributed by atoms with Gasteiger partial charge < -0.3 is 14.7 Å². The van der Waals surface area contributed by atoms with Crippen molar-refractivity contribution in [1.29, 1.82) is 0 Å². The van der Waals surface area contributed by atoms with Gasteiger partial charge in [0.2, 0.25) is 5.91 Å². The number of carboxylic acids is 1. The number of alkyl halides is 2. The van der Waals surface area contributed by atoms with Crippen LogP contribution >= 0.6 is 0 Å². The molecule has 1 fully saturated rings. The Morgan fingerprint density at radius 3 is 2.57 bits per heavy atom. The van der Waals surface area contributed by atoms with E-state index in [1.165, 1.54) is 11.0 Å². The van der Waals surface area contributed by atoms with E-state index in [0.29, 0.717) is 5.56 Å². The molecule has 2 rings (SSSR count). The topological polar surface area (TPSA) is 66.8 Å². The third kappa shape index (κ3) is 4.91. The number of carboxylic acid groups (broad SMARTS) is 1. The molecule has 1 saturated carbocycles. The Kier molecular flexibility index (Phi) is 5.52. The summed E-state index contributed by atoms with van der Waals surface area (Å²) in [5.41, 5.74) is 0.367. The molecule has 5 nitrogen and oxygen atoms in total. The number of benzene rings is 1. The molecule has 1 aliphatic carbocycles. The van der Waals surface area contributed by atoms with Crippen LogP contribution in [0.3, 0.4) is 0 Å². The maximum Gasteiger partial charge on any atom is 0.387 e. The first-order valence-corrected chi connectivity index (χ1v) is 7.43. The van der Waals surface area contributed by atoms with Crippen molar-refractivity contribution in [3.8, 4) is 5.75 Å². The van der Waals surface area contributed by atoms with Gasteiger partial charge in [0.15, 0.2) is 0 Å². The molecule has 1 atom stereocenters. The standard InChI is InChI=1S/C16H19F2NO4/c1-10(15(21)22)9-19(12-6-7-12)14(20)8-11-4-2-3-5-13(11)23-16(17)18/h2-5,10,12,16H,6-9H2,1H3,(H,21,22). The van der Waals surface area contributed by atoms with Crippen molar-refractivity contribution < 1.29 is 28.2 Å². The van der Waals surface area contributed by atoms with Crippen LogP contribution in [0.1, 0.15) is 25.3 Å². The molecule has 0 aliphatic heterocycles. The lowest BCUT2D eigenvalue weighted by molar-refractivity contribution is -0.143. The van der Waals surface area contributed by atoms with Gasteiger partial charge in [-0.15, -0.1) is 0 Å². The number of aliphatic carboxylic acids is 1. The molecule has 1 aromatic rings. The van der Waals surface area contributed by atoms with Crippen molar-refractivity contribution in [3.63, 3.8) is 0 Å². The van der Waals surface area contributed by atoms with Crippen molar-refractivity contribution in [2.24, 2.45) is 5.92 Å². The van der Waals surface area contributed by atoms with E-state index in [2.05, 4.69) is 4.74 Å². The third-order valence-corrected chi connectivity index (χ3v) is 3.73. The van der Waals surface area contributed by atoms with Crippen molar-refractivity contribution in [3.05, 3.63) is 29.8 Å². The van der Waals surface area contributed by atoms with Crippen molar-refractivity contribution >= 4 is 11.9 Å². The van der Waals surface area contributed by atoms with Crippen LogP contribution in [-0.4, -0.2) is 41.1 Å². The molecule has 1 aromatic carbocycles. The fourth-order valence-electron chi connectivity index (χ4n) is 2.34. The minimum Gasteiger partial charge on any atom is -0.481 e. The van der Waals surface area contributed by atoms with Crippen LogP contribution in [-0.2, 0) is 16.0 Å². The monoisotopic (exact) mass is 327 g/mol. The average molecular weight is 327 g/mol. The van der Waals surface area contributed by atoms with Gasteiger partial charge in [-0.3, -0.25) is 9.59 Å². The number of carbonyl (C=O) groups excluding carboxylic acids is 1. The van der Waals surface area contributed by atoms with Gasteiger partial charge in [-0.1, -0.05) is 25.1 Å². The second-order valence-corrected chi connectivity index (χ2v) is 5.68.